The van der Waals surface area contributed by atoms with Gasteiger partial charge in [-0.3, -0.25) is 4.90 Å². The van der Waals surface area contributed by atoms with Crippen LogP contribution in [0, 0.1) is 5.92 Å². The van der Waals surface area contributed by atoms with Gasteiger partial charge in [0, 0.05) is 26.3 Å². The van der Waals surface area contributed by atoms with E-state index in [1.165, 1.54) is 12.8 Å². The van der Waals surface area contributed by atoms with Crippen molar-refractivity contribution in [3.63, 3.8) is 0 Å². The topological polar surface area (TPSA) is 41.9 Å². The lowest BCUT2D eigenvalue weighted by molar-refractivity contribution is -0.0784. The van der Waals surface area contributed by atoms with Crippen molar-refractivity contribution in [1.82, 2.24) is 4.90 Å². The summed E-state index contributed by atoms with van der Waals surface area (Å²) < 4.78 is 10.7. The highest BCUT2D eigenvalue weighted by atomic mass is 16.5. The predicted octanol–water partition coefficient (Wildman–Crippen LogP) is 0.883. The van der Waals surface area contributed by atoms with Gasteiger partial charge < -0.3 is 14.6 Å². The Hall–Kier alpha value is -0.160. The van der Waals surface area contributed by atoms with Gasteiger partial charge >= 0.3 is 0 Å². The summed E-state index contributed by atoms with van der Waals surface area (Å²) in [6.45, 7) is 5.23. The van der Waals surface area contributed by atoms with E-state index in [2.05, 4.69) is 11.8 Å². The average molecular weight is 243 g/mol. The van der Waals surface area contributed by atoms with E-state index in [1.54, 1.807) is 7.11 Å². The highest BCUT2D eigenvalue weighted by Crippen LogP contribution is 2.36. The van der Waals surface area contributed by atoms with E-state index in [0.29, 0.717) is 19.3 Å². The molecule has 2 fully saturated rings. The Kier molecular flexibility index (Phi) is 4.79. The van der Waals surface area contributed by atoms with Crippen LogP contribution in [0.15, 0.2) is 0 Å². The number of aliphatic hydroxyl groups is 1. The summed E-state index contributed by atoms with van der Waals surface area (Å²) in [6, 6.07) is 0.681. The summed E-state index contributed by atoms with van der Waals surface area (Å²) >= 11 is 0. The lowest BCUT2D eigenvalue weighted by Crippen LogP contribution is -2.54. The Balaban J connectivity index is 1.96. The third kappa shape index (κ3) is 3.41. The van der Waals surface area contributed by atoms with Gasteiger partial charge in [-0.2, -0.15) is 0 Å². The van der Waals surface area contributed by atoms with Crippen LogP contribution in [0.2, 0.25) is 0 Å². The van der Waals surface area contributed by atoms with Crippen LogP contribution in [0.25, 0.3) is 0 Å². The number of hydrogen-bond donors (Lipinski definition) is 1. The lowest BCUT2D eigenvalue weighted by Gasteiger charge is -2.41. The zero-order chi connectivity index (χ0) is 12.3. The summed E-state index contributed by atoms with van der Waals surface area (Å²) in [5, 5.41) is 10.1. The largest absolute Gasteiger partial charge is 0.391 e. The second-order valence-electron chi connectivity index (χ2n) is 5.31. The van der Waals surface area contributed by atoms with Gasteiger partial charge in [0.1, 0.15) is 0 Å². The minimum absolute atomic E-state index is 0.148. The van der Waals surface area contributed by atoms with E-state index < -0.39 is 0 Å². The molecule has 3 unspecified atom stereocenters. The Bertz CT molecular complexity index is 233. The first-order chi connectivity index (χ1) is 8.24. The molecule has 1 saturated heterocycles. The fourth-order valence-electron chi connectivity index (χ4n) is 2.75. The maximum Gasteiger partial charge on any atom is 0.0739 e. The first-order valence-corrected chi connectivity index (χ1v) is 6.74. The molecule has 1 aliphatic carbocycles. The van der Waals surface area contributed by atoms with E-state index >= 15 is 0 Å². The summed E-state index contributed by atoms with van der Waals surface area (Å²) in [7, 11) is 1.73. The van der Waals surface area contributed by atoms with Gasteiger partial charge in [-0.15, -0.1) is 0 Å². The number of methoxy groups -OCH3 is 1. The van der Waals surface area contributed by atoms with Crippen molar-refractivity contribution in [3.05, 3.63) is 0 Å². The highest BCUT2D eigenvalue weighted by Gasteiger charge is 2.38. The fourth-order valence-corrected chi connectivity index (χ4v) is 2.75. The molecule has 0 amide bonds. The van der Waals surface area contributed by atoms with Gasteiger partial charge in [0.15, 0.2) is 0 Å². The number of aliphatic hydroxyl groups excluding tert-OH is 1. The molecule has 0 aromatic heterocycles. The summed E-state index contributed by atoms with van der Waals surface area (Å²) in [4.78, 5) is 2.39. The zero-order valence-corrected chi connectivity index (χ0v) is 11.0. The predicted molar refractivity (Wildman–Crippen MR) is 66.0 cm³/mol. The number of ether oxygens (including phenoxy) is 2. The molecule has 0 bridgehead atoms. The SMILES string of the molecule is COCCN(C(C)C1CC1)C1COCCC1O. The van der Waals surface area contributed by atoms with Crippen molar-refractivity contribution < 1.29 is 14.6 Å². The Labute approximate surface area is 104 Å². The molecule has 4 nitrogen and oxygen atoms in total. The maximum atomic E-state index is 10.1. The minimum atomic E-state index is -0.248. The summed E-state index contributed by atoms with van der Waals surface area (Å²) in [6.07, 6.45) is 3.16. The van der Waals surface area contributed by atoms with Gasteiger partial charge in [0.25, 0.3) is 0 Å². The van der Waals surface area contributed by atoms with E-state index in [1.807, 2.05) is 0 Å². The molecule has 2 aliphatic rings. The van der Waals surface area contributed by atoms with Crippen molar-refractivity contribution in [1.29, 1.82) is 0 Å². The molecule has 4 heteroatoms. The van der Waals surface area contributed by atoms with Crippen molar-refractivity contribution in [2.24, 2.45) is 5.92 Å². The normalized spacial score (nSPS) is 31.8. The molecule has 2 rings (SSSR count). The van der Waals surface area contributed by atoms with Gasteiger partial charge in [0.2, 0.25) is 0 Å². The van der Waals surface area contributed by atoms with Gasteiger partial charge in [0.05, 0.1) is 25.4 Å². The van der Waals surface area contributed by atoms with E-state index in [-0.39, 0.29) is 12.1 Å². The van der Waals surface area contributed by atoms with Gasteiger partial charge in [-0.25, -0.2) is 0 Å². The molecule has 3 atom stereocenters. The summed E-state index contributed by atoms with van der Waals surface area (Å²) in [5.41, 5.74) is 0. The average Bonchev–Trinajstić information content (AvgIpc) is 3.15. The molecule has 0 radical (unpaired) electrons. The third-order valence-corrected chi connectivity index (χ3v) is 4.10. The molecule has 100 valence electrons. The number of rotatable bonds is 6. The molecule has 1 saturated carbocycles. The number of hydrogen-bond acceptors (Lipinski definition) is 4. The van der Waals surface area contributed by atoms with E-state index in [0.717, 1.165) is 25.5 Å². The second-order valence-corrected chi connectivity index (χ2v) is 5.31. The molecule has 1 N–H and O–H groups in total. The highest BCUT2D eigenvalue weighted by molar-refractivity contribution is 4.91. The van der Waals surface area contributed by atoms with E-state index in [4.69, 9.17) is 9.47 Å². The molecule has 17 heavy (non-hydrogen) atoms. The van der Waals surface area contributed by atoms with Crippen LogP contribution >= 0.6 is 0 Å². The zero-order valence-electron chi connectivity index (χ0n) is 11.0. The third-order valence-electron chi connectivity index (χ3n) is 4.10. The van der Waals surface area contributed by atoms with Crippen LogP contribution in [-0.2, 0) is 9.47 Å². The Morgan fingerprint density at radius 1 is 1.41 bits per heavy atom. The molecular formula is C13H25NO3. The number of nitrogens with zero attached hydrogens (tertiary/aromatic N) is 1. The van der Waals surface area contributed by atoms with Crippen molar-refractivity contribution >= 4 is 0 Å². The lowest BCUT2D eigenvalue weighted by atomic mass is 10.0. The molecule has 1 heterocycles. The maximum absolute atomic E-state index is 10.1. The standard InChI is InChI=1S/C13H25NO3/c1-10(11-3-4-11)14(6-8-16-2)12-9-17-7-5-13(12)15/h10-13,15H,3-9H2,1-2H3. The Morgan fingerprint density at radius 3 is 2.76 bits per heavy atom. The van der Waals surface area contributed by atoms with Crippen LogP contribution < -0.4 is 0 Å². The van der Waals surface area contributed by atoms with Gasteiger partial charge in [-0.1, -0.05) is 0 Å². The minimum Gasteiger partial charge on any atom is -0.391 e. The van der Waals surface area contributed by atoms with Crippen LogP contribution in [0.1, 0.15) is 26.2 Å². The van der Waals surface area contributed by atoms with Crippen LogP contribution in [0.5, 0.6) is 0 Å². The molecule has 0 aromatic carbocycles. The van der Waals surface area contributed by atoms with E-state index in [9.17, 15) is 5.11 Å². The quantitative estimate of drug-likeness (QED) is 0.752. The first-order valence-electron chi connectivity index (χ1n) is 6.74. The first kappa shape index (κ1) is 13.3. The van der Waals surface area contributed by atoms with Crippen molar-refractivity contribution in [3.8, 4) is 0 Å². The molecule has 0 spiro atoms. The van der Waals surface area contributed by atoms with Crippen LogP contribution in [0.3, 0.4) is 0 Å². The fraction of sp³-hybridized carbons (Fsp3) is 1.00. The van der Waals surface area contributed by atoms with Crippen molar-refractivity contribution in [2.45, 2.75) is 44.4 Å². The smallest absolute Gasteiger partial charge is 0.0739 e. The van der Waals surface area contributed by atoms with Crippen LogP contribution in [-0.4, -0.2) is 61.7 Å². The molecule has 1 aliphatic heterocycles. The molecular weight excluding hydrogens is 218 g/mol. The monoisotopic (exact) mass is 243 g/mol. The van der Waals surface area contributed by atoms with Crippen molar-refractivity contribution in [2.75, 3.05) is 33.5 Å². The Morgan fingerprint density at radius 2 is 2.18 bits per heavy atom. The molecule has 0 aromatic rings. The van der Waals surface area contributed by atoms with Gasteiger partial charge in [-0.05, 0) is 32.1 Å². The summed E-state index contributed by atoms with van der Waals surface area (Å²) in [5.74, 6) is 0.806. The second kappa shape index (κ2) is 6.14. The van der Waals surface area contributed by atoms with Crippen LogP contribution in [0.4, 0.5) is 0 Å².